The van der Waals surface area contributed by atoms with Gasteiger partial charge < -0.3 is 0 Å². The van der Waals surface area contributed by atoms with E-state index >= 15 is 0 Å². The van der Waals surface area contributed by atoms with Gasteiger partial charge in [0, 0.05) is 0 Å². The molecule has 0 heterocycles. The molecule has 1 aliphatic rings. The smallest absolute Gasteiger partial charge is 0.0222 e. The summed E-state index contributed by atoms with van der Waals surface area (Å²) in [4.78, 5) is 0. The van der Waals surface area contributed by atoms with Crippen LogP contribution in [0.2, 0.25) is 0 Å². The molecule has 0 amide bonds. The third-order valence-corrected chi connectivity index (χ3v) is 3.28. The predicted molar refractivity (Wildman–Crippen MR) is 62.5 cm³/mol. The Labute approximate surface area is 86.7 Å². The minimum absolute atomic E-state index is 1.20. The second kappa shape index (κ2) is 3.61. The number of benzene rings is 1. The molecule has 0 spiro atoms. The van der Waals surface area contributed by atoms with Crippen LogP contribution in [0.1, 0.15) is 42.0 Å². The summed E-state index contributed by atoms with van der Waals surface area (Å²) in [7, 11) is 0. The van der Waals surface area contributed by atoms with E-state index in [0.29, 0.717) is 0 Å². The molecule has 0 heteroatoms. The Hall–Kier alpha value is -1.04. The highest BCUT2D eigenvalue weighted by atomic mass is 14.1. The van der Waals surface area contributed by atoms with Crippen molar-refractivity contribution in [3.05, 3.63) is 40.0 Å². The number of aryl methyl sites for hydroxylation is 3. The summed E-state index contributed by atoms with van der Waals surface area (Å²) >= 11 is 0. The number of allylic oxidation sites excluding steroid dienone is 1. The van der Waals surface area contributed by atoms with E-state index in [1.54, 1.807) is 5.57 Å². The lowest BCUT2D eigenvalue weighted by atomic mass is 9.88. The van der Waals surface area contributed by atoms with Gasteiger partial charge in [-0.3, -0.25) is 0 Å². The van der Waals surface area contributed by atoms with E-state index in [4.69, 9.17) is 0 Å². The van der Waals surface area contributed by atoms with Crippen molar-refractivity contribution in [2.24, 2.45) is 0 Å². The van der Waals surface area contributed by atoms with Gasteiger partial charge in [-0.15, -0.1) is 0 Å². The Balaban J connectivity index is 2.48. The van der Waals surface area contributed by atoms with Crippen molar-refractivity contribution in [1.29, 1.82) is 0 Å². The maximum Gasteiger partial charge on any atom is -0.0222 e. The summed E-state index contributed by atoms with van der Waals surface area (Å²) in [6, 6.07) is 4.69. The molecule has 0 nitrogen and oxygen atoms in total. The molecule has 1 aliphatic carbocycles. The zero-order valence-electron chi connectivity index (χ0n) is 9.35. The molecular weight excluding hydrogens is 168 g/mol. The van der Waals surface area contributed by atoms with Gasteiger partial charge in [0.15, 0.2) is 0 Å². The zero-order valence-corrected chi connectivity index (χ0v) is 9.35. The van der Waals surface area contributed by atoms with Gasteiger partial charge in [0.2, 0.25) is 0 Å². The first kappa shape index (κ1) is 9.51. The number of fused-ring (bicyclic) bond motifs is 1. The van der Waals surface area contributed by atoms with Crippen LogP contribution >= 0.6 is 0 Å². The van der Waals surface area contributed by atoms with Crippen LogP contribution in [0.25, 0.3) is 6.08 Å². The first-order valence-corrected chi connectivity index (χ1v) is 5.50. The molecule has 0 aromatic heterocycles. The van der Waals surface area contributed by atoms with E-state index < -0.39 is 0 Å². The van der Waals surface area contributed by atoms with Gasteiger partial charge in [-0.1, -0.05) is 30.7 Å². The van der Waals surface area contributed by atoms with Crippen LogP contribution in [0.15, 0.2) is 17.7 Å². The average molecular weight is 186 g/mol. The van der Waals surface area contributed by atoms with Crippen LogP contribution in [0, 0.1) is 13.8 Å². The summed E-state index contributed by atoms with van der Waals surface area (Å²) in [5.74, 6) is 0. The quantitative estimate of drug-likeness (QED) is 0.621. The first-order chi connectivity index (χ1) is 6.70. The van der Waals surface area contributed by atoms with E-state index in [-0.39, 0.29) is 0 Å². The van der Waals surface area contributed by atoms with E-state index in [1.807, 2.05) is 0 Å². The van der Waals surface area contributed by atoms with Gasteiger partial charge in [-0.05, 0) is 55.4 Å². The second-order valence-electron chi connectivity index (χ2n) is 4.29. The molecule has 0 bridgehead atoms. The summed E-state index contributed by atoms with van der Waals surface area (Å²) < 4.78 is 0. The highest BCUT2D eigenvalue weighted by Gasteiger charge is 2.10. The highest BCUT2D eigenvalue weighted by molar-refractivity contribution is 5.61. The molecule has 0 saturated heterocycles. The standard InChI is InChI=1S/C14H18/c1-4-12-5-6-13-7-10(2)11(3)8-14(13)9-12/h7-9H,4-6H2,1-3H3. The van der Waals surface area contributed by atoms with Gasteiger partial charge in [-0.25, -0.2) is 0 Å². The first-order valence-electron chi connectivity index (χ1n) is 5.50. The number of rotatable bonds is 1. The highest BCUT2D eigenvalue weighted by Crippen LogP contribution is 2.27. The third-order valence-electron chi connectivity index (χ3n) is 3.28. The number of hydrogen-bond acceptors (Lipinski definition) is 0. The van der Waals surface area contributed by atoms with Gasteiger partial charge in [0.25, 0.3) is 0 Å². The lowest BCUT2D eigenvalue weighted by Crippen LogP contribution is -2.00. The van der Waals surface area contributed by atoms with Gasteiger partial charge in [0.1, 0.15) is 0 Å². The Kier molecular flexibility index (Phi) is 2.45. The van der Waals surface area contributed by atoms with Crippen LogP contribution in [0.4, 0.5) is 0 Å². The lowest BCUT2D eigenvalue weighted by molar-refractivity contribution is 0.873. The van der Waals surface area contributed by atoms with E-state index in [0.717, 1.165) is 0 Å². The van der Waals surface area contributed by atoms with Crippen LogP contribution < -0.4 is 0 Å². The minimum atomic E-state index is 1.20. The Morgan fingerprint density at radius 3 is 2.50 bits per heavy atom. The third kappa shape index (κ3) is 1.61. The van der Waals surface area contributed by atoms with Gasteiger partial charge >= 0.3 is 0 Å². The lowest BCUT2D eigenvalue weighted by Gasteiger charge is -2.17. The van der Waals surface area contributed by atoms with Crippen LogP contribution in [-0.4, -0.2) is 0 Å². The van der Waals surface area contributed by atoms with Crippen molar-refractivity contribution >= 4 is 6.08 Å². The van der Waals surface area contributed by atoms with E-state index in [9.17, 15) is 0 Å². The van der Waals surface area contributed by atoms with Crippen molar-refractivity contribution in [3.63, 3.8) is 0 Å². The van der Waals surface area contributed by atoms with Crippen LogP contribution in [0.3, 0.4) is 0 Å². The maximum atomic E-state index is 2.38. The second-order valence-corrected chi connectivity index (χ2v) is 4.29. The average Bonchev–Trinajstić information content (AvgIpc) is 2.19. The summed E-state index contributed by atoms with van der Waals surface area (Å²) in [6.45, 7) is 6.65. The summed E-state index contributed by atoms with van der Waals surface area (Å²) in [5, 5.41) is 0. The van der Waals surface area contributed by atoms with Crippen LogP contribution in [-0.2, 0) is 6.42 Å². The molecule has 1 aromatic carbocycles. The zero-order chi connectivity index (χ0) is 10.1. The Morgan fingerprint density at radius 2 is 1.79 bits per heavy atom. The Morgan fingerprint density at radius 1 is 1.07 bits per heavy atom. The minimum Gasteiger partial charge on any atom is -0.0696 e. The molecule has 0 saturated carbocycles. The predicted octanol–water partition coefficient (Wildman–Crippen LogP) is 4.04. The van der Waals surface area contributed by atoms with Crippen molar-refractivity contribution in [1.82, 2.24) is 0 Å². The molecule has 0 unspecified atom stereocenters. The molecule has 0 radical (unpaired) electrons. The molecule has 74 valence electrons. The van der Waals surface area contributed by atoms with Crippen molar-refractivity contribution in [2.75, 3.05) is 0 Å². The SMILES string of the molecule is CCC1=Cc2cc(C)c(C)cc2CC1. The molecule has 14 heavy (non-hydrogen) atoms. The van der Waals surface area contributed by atoms with Crippen molar-refractivity contribution in [3.8, 4) is 0 Å². The number of hydrogen-bond donors (Lipinski definition) is 0. The largest absolute Gasteiger partial charge is 0.0696 e. The monoisotopic (exact) mass is 186 g/mol. The fourth-order valence-corrected chi connectivity index (χ4v) is 2.12. The Bertz CT molecular complexity index is 383. The van der Waals surface area contributed by atoms with E-state index in [2.05, 4.69) is 39.0 Å². The molecule has 0 atom stereocenters. The fourth-order valence-electron chi connectivity index (χ4n) is 2.12. The van der Waals surface area contributed by atoms with E-state index in [1.165, 1.54) is 41.5 Å². The topological polar surface area (TPSA) is 0 Å². The van der Waals surface area contributed by atoms with Gasteiger partial charge in [-0.2, -0.15) is 0 Å². The maximum absolute atomic E-state index is 2.38. The summed E-state index contributed by atoms with van der Waals surface area (Å²) in [6.07, 6.45) is 6.07. The van der Waals surface area contributed by atoms with Gasteiger partial charge in [0.05, 0.1) is 0 Å². The molecule has 0 aliphatic heterocycles. The van der Waals surface area contributed by atoms with Crippen molar-refractivity contribution < 1.29 is 0 Å². The molecular formula is C14H18. The van der Waals surface area contributed by atoms with Crippen molar-refractivity contribution in [2.45, 2.75) is 40.0 Å². The fraction of sp³-hybridized carbons (Fsp3) is 0.429. The summed E-state index contributed by atoms with van der Waals surface area (Å²) in [5.41, 5.74) is 7.43. The molecule has 0 fully saturated rings. The van der Waals surface area contributed by atoms with Crippen LogP contribution in [0.5, 0.6) is 0 Å². The normalized spacial score (nSPS) is 14.9. The molecule has 0 N–H and O–H groups in total. The molecule has 2 rings (SSSR count). The molecule has 1 aromatic rings.